The number of azo groups is 1. The van der Waals surface area contributed by atoms with Gasteiger partial charge in [0, 0.05) is 16.2 Å². The molecule has 0 saturated carbocycles. The first-order valence-electron chi connectivity index (χ1n) is 7.13. The lowest BCUT2D eigenvalue weighted by Crippen LogP contribution is -1.93. The van der Waals surface area contributed by atoms with Crippen LogP contribution in [0.2, 0.25) is 5.02 Å². The largest absolute Gasteiger partial charge is 0.295 e. The predicted octanol–water partition coefficient (Wildman–Crippen LogP) is 5.63. The lowest BCUT2D eigenvalue weighted by molar-refractivity contribution is 0.101. The molecule has 114 valence electrons. The molecule has 0 spiro atoms. The topological polar surface area (TPSA) is 41.8 Å². The first kappa shape index (κ1) is 16.4. The zero-order valence-electron chi connectivity index (χ0n) is 13.3. The first-order chi connectivity index (χ1) is 10.4. The highest BCUT2D eigenvalue weighted by atomic mass is 35.5. The molecule has 0 bridgehead atoms. The lowest BCUT2D eigenvalue weighted by atomic mass is 10.0. The molecule has 2 rings (SSSR count). The van der Waals surface area contributed by atoms with E-state index in [-0.39, 0.29) is 5.78 Å². The van der Waals surface area contributed by atoms with E-state index in [4.69, 9.17) is 11.6 Å². The molecule has 1 heterocycles. The number of benzene rings is 1. The van der Waals surface area contributed by atoms with E-state index in [1.165, 1.54) is 12.5 Å². The normalized spacial score (nSPS) is 14.5. The highest BCUT2D eigenvalue weighted by Gasteiger charge is 2.11. The summed E-state index contributed by atoms with van der Waals surface area (Å²) in [7, 11) is 0. The van der Waals surface area contributed by atoms with E-state index in [0.29, 0.717) is 17.1 Å². The number of allylic oxidation sites excluding steroid dienone is 3. The number of hydrogen-bond donors (Lipinski definition) is 0. The van der Waals surface area contributed by atoms with Crippen molar-refractivity contribution in [3.8, 4) is 0 Å². The van der Waals surface area contributed by atoms with E-state index in [1.807, 2.05) is 19.1 Å². The average molecular weight is 315 g/mol. The Morgan fingerprint density at radius 2 is 1.91 bits per heavy atom. The number of ketones is 1. The summed E-state index contributed by atoms with van der Waals surface area (Å²) in [4.78, 5) is 11.4. The van der Waals surface area contributed by atoms with Crippen LogP contribution in [0.5, 0.6) is 0 Å². The van der Waals surface area contributed by atoms with Crippen molar-refractivity contribution in [1.82, 2.24) is 0 Å². The zero-order chi connectivity index (χ0) is 16.3. The van der Waals surface area contributed by atoms with Crippen LogP contribution in [0.4, 0.5) is 0 Å². The van der Waals surface area contributed by atoms with E-state index in [9.17, 15) is 4.79 Å². The molecule has 0 N–H and O–H groups in total. The fourth-order valence-corrected chi connectivity index (χ4v) is 2.59. The molecule has 0 atom stereocenters. The third kappa shape index (κ3) is 3.80. The summed E-state index contributed by atoms with van der Waals surface area (Å²) in [6.45, 7) is 8.23. The Hall–Kier alpha value is -2.00. The molecule has 1 aromatic carbocycles. The third-order valence-electron chi connectivity index (χ3n) is 3.37. The molecule has 3 nitrogen and oxygen atoms in total. The van der Waals surface area contributed by atoms with Crippen LogP contribution < -0.4 is 0 Å². The summed E-state index contributed by atoms with van der Waals surface area (Å²) in [6, 6.07) is 5.37. The second kappa shape index (κ2) is 6.84. The van der Waals surface area contributed by atoms with Gasteiger partial charge in [0.15, 0.2) is 5.78 Å². The second-order valence-electron chi connectivity index (χ2n) is 5.61. The van der Waals surface area contributed by atoms with Gasteiger partial charge in [-0.15, -0.1) is 0 Å². The Morgan fingerprint density at radius 1 is 1.18 bits per heavy atom. The summed E-state index contributed by atoms with van der Waals surface area (Å²) in [5.41, 5.74) is 5.70. The van der Waals surface area contributed by atoms with Gasteiger partial charge < -0.3 is 0 Å². The van der Waals surface area contributed by atoms with Crippen LogP contribution in [0.15, 0.2) is 57.4 Å². The molecule has 0 radical (unpaired) electrons. The van der Waals surface area contributed by atoms with Crippen molar-refractivity contribution in [3.63, 3.8) is 0 Å². The van der Waals surface area contributed by atoms with Crippen molar-refractivity contribution < 1.29 is 4.79 Å². The van der Waals surface area contributed by atoms with Crippen LogP contribution >= 0.6 is 11.6 Å². The summed E-state index contributed by atoms with van der Waals surface area (Å²) in [6.07, 6.45) is 4.08. The van der Waals surface area contributed by atoms with Gasteiger partial charge in [0.2, 0.25) is 0 Å². The van der Waals surface area contributed by atoms with Crippen LogP contribution in [-0.2, 0) is 0 Å². The molecule has 0 saturated heterocycles. The molecular weight excluding hydrogens is 296 g/mol. The van der Waals surface area contributed by atoms with E-state index in [0.717, 1.165) is 22.4 Å². The summed E-state index contributed by atoms with van der Waals surface area (Å²) >= 11 is 6.30. The van der Waals surface area contributed by atoms with E-state index >= 15 is 0 Å². The fourth-order valence-electron chi connectivity index (χ4n) is 2.26. The minimum atomic E-state index is 0.00762. The lowest BCUT2D eigenvalue weighted by Gasteiger charge is -2.07. The van der Waals surface area contributed by atoms with Crippen LogP contribution in [-0.4, -0.2) is 12.3 Å². The van der Waals surface area contributed by atoms with Crippen molar-refractivity contribution in [1.29, 1.82) is 0 Å². The second-order valence-corrected chi connectivity index (χ2v) is 6.02. The summed E-state index contributed by atoms with van der Waals surface area (Å²) < 4.78 is 0. The van der Waals surface area contributed by atoms with Crippen LogP contribution in [0.25, 0.3) is 5.57 Å². The highest BCUT2D eigenvalue weighted by Crippen LogP contribution is 2.28. The molecule has 0 unspecified atom stereocenters. The molecular formula is C18H19ClN2O. The van der Waals surface area contributed by atoms with E-state index in [2.05, 4.69) is 30.2 Å². The van der Waals surface area contributed by atoms with Gasteiger partial charge in [0.05, 0.1) is 12.2 Å². The van der Waals surface area contributed by atoms with Gasteiger partial charge >= 0.3 is 0 Å². The molecule has 4 heteroatoms. The van der Waals surface area contributed by atoms with Crippen molar-refractivity contribution in [2.45, 2.75) is 27.7 Å². The fraction of sp³-hybridized carbons (Fsp3) is 0.278. The molecule has 1 aliphatic rings. The first-order valence-corrected chi connectivity index (χ1v) is 7.51. The average Bonchev–Trinajstić information content (AvgIpc) is 2.84. The molecule has 1 aliphatic heterocycles. The Bertz CT molecular complexity index is 735. The quantitative estimate of drug-likeness (QED) is 0.664. The maximum Gasteiger partial charge on any atom is 0.159 e. The predicted molar refractivity (Wildman–Crippen MR) is 91.3 cm³/mol. The Morgan fingerprint density at radius 3 is 2.50 bits per heavy atom. The standard InChI is InChI=1S/C18H19ClN2O/c1-11(2)7-15-10-20-21-18(15)8-12(3)16-6-5-14(13(4)22)9-17(16)19/h5-9H,10H2,1-4H3/b12-8+. The zero-order valence-corrected chi connectivity index (χ0v) is 14.0. The molecule has 22 heavy (non-hydrogen) atoms. The number of carbonyl (C=O) groups is 1. The van der Waals surface area contributed by atoms with Gasteiger partial charge in [0.25, 0.3) is 0 Å². The van der Waals surface area contributed by atoms with Crippen molar-refractivity contribution in [2.24, 2.45) is 10.2 Å². The minimum absolute atomic E-state index is 0.00762. The summed E-state index contributed by atoms with van der Waals surface area (Å²) in [5.74, 6) is 0.00762. The van der Waals surface area contributed by atoms with E-state index in [1.54, 1.807) is 12.1 Å². The number of hydrogen-bond acceptors (Lipinski definition) is 3. The smallest absolute Gasteiger partial charge is 0.159 e. The van der Waals surface area contributed by atoms with Crippen molar-refractivity contribution in [2.75, 3.05) is 6.54 Å². The van der Waals surface area contributed by atoms with Crippen molar-refractivity contribution >= 4 is 23.0 Å². The van der Waals surface area contributed by atoms with Gasteiger partial charge in [-0.1, -0.05) is 35.4 Å². The van der Waals surface area contributed by atoms with Gasteiger partial charge in [0.1, 0.15) is 0 Å². The van der Waals surface area contributed by atoms with Gasteiger partial charge in [-0.2, -0.15) is 10.2 Å². The summed E-state index contributed by atoms with van der Waals surface area (Å²) in [5, 5.41) is 8.86. The third-order valence-corrected chi connectivity index (χ3v) is 3.68. The Balaban J connectivity index is 2.39. The number of halogens is 1. The number of carbonyl (C=O) groups excluding carboxylic acids is 1. The molecule has 0 aliphatic carbocycles. The van der Waals surface area contributed by atoms with Crippen LogP contribution in [0, 0.1) is 0 Å². The molecule has 0 fully saturated rings. The van der Waals surface area contributed by atoms with Crippen molar-refractivity contribution in [3.05, 3.63) is 63.3 Å². The van der Waals surface area contributed by atoms with E-state index < -0.39 is 0 Å². The monoisotopic (exact) mass is 314 g/mol. The number of rotatable bonds is 4. The molecule has 0 amide bonds. The number of nitrogens with zero attached hydrogens (tertiary/aromatic N) is 2. The number of Topliss-reactive ketones (excluding diaryl/α,β-unsaturated/α-hetero) is 1. The highest BCUT2D eigenvalue weighted by molar-refractivity contribution is 6.32. The Labute approximate surface area is 136 Å². The molecule has 1 aromatic rings. The van der Waals surface area contributed by atoms with Crippen LogP contribution in [0.3, 0.4) is 0 Å². The maximum atomic E-state index is 11.4. The van der Waals surface area contributed by atoms with Gasteiger partial charge in [-0.3, -0.25) is 4.79 Å². The Kier molecular flexibility index (Phi) is 5.09. The maximum absolute atomic E-state index is 11.4. The SMILES string of the molecule is CC(=O)c1ccc(/C(C)=C/C2=C(C=C(C)C)CN=N2)c(Cl)c1. The van der Waals surface area contributed by atoms with Gasteiger partial charge in [-0.25, -0.2) is 0 Å². The minimum Gasteiger partial charge on any atom is -0.295 e. The van der Waals surface area contributed by atoms with Crippen LogP contribution in [0.1, 0.15) is 43.6 Å². The van der Waals surface area contributed by atoms with Gasteiger partial charge in [-0.05, 0) is 51.0 Å². The molecule has 0 aromatic heterocycles.